The van der Waals surface area contributed by atoms with Gasteiger partial charge in [-0.25, -0.2) is 0 Å². The molecule has 1 aromatic rings. The number of benzene rings is 1. The molecule has 1 aromatic carbocycles. The molecular weight excluding hydrogens is 308 g/mol. The molecule has 0 aromatic heterocycles. The Kier molecular flexibility index (Phi) is 4.47. The van der Waals surface area contributed by atoms with Crippen LogP contribution in [-0.4, -0.2) is 25.1 Å². The van der Waals surface area contributed by atoms with Crippen LogP contribution >= 0.6 is 15.9 Å². The molecule has 1 aliphatic rings. The molecule has 4 nitrogen and oxygen atoms in total. The van der Waals surface area contributed by atoms with Gasteiger partial charge >= 0.3 is 0 Å². The van der Waals surface area contributed by atoms with Crippen LogP contribution < -0.4 is 15.4 Å². The minimum Gasteiger partial charge on any atom is -0.497 e. The number of amides is 1. The van der Waals surface area contributed by atoms with E-state index in [1.807, 2.05) is 25.1 Å². The van der Waals surface area contributed by atoms with Crippen molar-refractivity contribution in [2.75, 3.05) is 19.0 Å². The maximum absolute atomic E-state index is 12.4. The first-order valence-electron chi connectivity index (χ1n) is 6.51. The summed E-state index contributed by atoms with van der Waals surface area (Å²) in [6, 6.07) is 5.55. The number of anilines is 1. The molecule has 104 valence electrons. The van der Waals surface area contributed by atoms with Crippen molar-refractivity contribution >= 4 is 27.5 Å². The first-order valence-corrected chi connectivity index (χ1v) is 7.30. The molecule has 1 fully saturated rings. The second-order valence-corrected chi connectivity index (χ2v) is 5.72. The molecule has 1 amide bonds. The average molecular weight is 327 g/mol. The first kappa shape index (κ1) is 14.3. The number of hydrogen-bond acceptors (Lipinski definition) is 3. The van der Waals surface area contributed by atoms with Crippen molar-refractivity contribution < 1.29 is 9.53 Å². The maximum atomic E-state index is 12.4. The highest BCUT2D eigenvalue weighted by Gasteiger charge is 2.39. The van der Waals surface area contributed by atoms with Gasteiger partial charge in [-0.2, -0.15) is 0 Å². The Balaban J connectivity index is 2.16. The molecular formula is C14H19BrN2O2. The minimum atomic E-state index is -0.421. The monoisotopic (exact) mass is 326 g/mol. The molecule has 5 heteroatoms. The van der Waals surface area contributed by atoms with Crippen molar-refractivity contribution in [2.24, 2.45) is 0 Å². The molecule has 1 unspecified atom stereocenters. The third kappa shape index (κ3) is 3.09. The molecule has 2 rings (SSSR count). The topological polar surface area (TPSA) is 50.4 Å². The highest BCUT2D eigenvalue weighted by Crippen LogP contribution is 2.28. The van der Waals surface area contributed by atoms with Crippen molar-refractivity contribution in [3.63, 3.8) is 0 Å². The van der Waals surface area contributed by atoms with Crippen LogP contribution in [0.3, 0.4) is 0 Å². The average Bonchev–Trinajstić information content (AvgIpc) is 2.88. The lowest BCUT2D eigenvalue weighted by Gasteiger charge is -2.26. The largest absolute Gasteiger partial charge is 0.497 e. The highest BCUT2D eigenvalue weighted by molar-refractivity contribution is 9.10. The summed E-state index contributed by atoms with van der Waals surface area (Å²) in [5, 5.41) is 6.31. The van der Waals surface area contributed by atoms with Crippen LogP contribution in [0.5, 0.6) is 5.75 Å². The summed E-state index contributed by atoms with van der Waals surface area (Å²) in [6.07, 6.45) is 2.73. The molecule has 2 N–H and O–H groups in total. The number of methoxy groups -OCH3 is 1. The van der Waals surface area contributed by atoms with E-state index in [1.54, 1.807) is 7.11 Å². The van der Waals surface area contributed by atoms with E-state index in [9.17, 15) is 4.79 Å². The summed E-state index contributed by atoms with van der Waals surface area (Å²) in [5.41, 5.74) is 0.327. The zero-order chi connectivity index (χ0) is 13.9. The number of rotatable bonds is 4. The van der Waals surface area contributed by atoms with Gasteiger partial charge in [0.05, 0.1) is 12.6 Å². The van der Waals surface area contributed by atoms with Gasteiger partial charge in [-0.3, -0.25) is 4.79 Å². The van der Waals surface area contributed by atoms with E-state index in [0.29, 0.717) is 0 Å². The fraction of sp³-hybridized carbons (Fsp3) is 0.500. The lowest BCUT2D eigenvalue weighted by Crippen LogP contribution is -2.50. The predicted octanol–water partition coefficient (Wildman–Crippen LogP) is 2.93. The van der Waals surface area contributed by atoms with Crippen LogP contribution in [0.1, 0.15) is 26.2 Å². The number of ether oxygens (including phenoxy) is 1. The summed E-state index contributed by atoms with van der Waals surface area (Å²) < 4.78 is 6.08. The van der Waals surface area contributed by atoms with Crippen LogP contribution in [0.25, 0.3) is 0 Å². The second-order valence-electron chi connectivity index (χ2n) is 4.80. The molecule has 0 radical (unpaired) electrons. The minimum absolute atomic E-state index is 0.0349. The normalized spacial score (nSPS) is 22.3. The predicted molar refractivity (Wildman–Crippen MR) is 79.6 cm³/mol. The molecule has 0 aliphatic carbocycles. The molecule has 1 heterocycles. The zero-order valence-electron chi connectivity index (χ0n) is 11.3. The standard InChI is InChI=1S/C14H19BrN2O2/c1-3-14(5-4-6-16-14)13(18)17-11-7-10(15)8-12(9-11)19-2/h7-9,16H,3-6H2,1-2H3,(H,17,18). The van der Waals surface area contributed by atoms with Gasteiger partial charge in [-0.15, -0.1) is 0 Å². The van der Waals surface area contributed by atoms with Gasteiger partial charge in [0.1, 0.15) is 5.75 Å². The molecule has 0 spiro atoms. The van der Waals surface area contributed by atoms with E-state index < -0.39 is 5.54 Å². The van der Waals surface area contributed by atoms with Gasteiger partial charge < -0.3 is 15.4 Å². The first-order chi connectivity index (χ1) is 9.09. The maximum Gasteiger partial charge on any atom is 0.244 e. The molecule has 1 saturated heterocycles. The van der Waals surface area contributed by atoms with Crippen LogP contribution in [0.15, 0.2) is 22.7 Å². The van der Waals surface area contributed by atoms with Crippen molar-refractivity contribution in [1.29, 1.82) is 0 Å². The molecule has 0 bridgehead atoms. The van der Waals surface area contributed by atoms with E-state index in [2.05, 4.69) is 26.6 Å². The van der Waals surface area contributed by atoms with E-state index in [4.69, 9.17) is 4.74 Å². The molecule has 1 aliphatic heterocycles. The van der Waals surface area contributed by atoms with Crippen molar-refractivity contribution in [1.82, 2.24) is 5.32 Å². The van der Waals surface area contributed by atoms with E-state index in [0.717, 1.165) is 41.7 Å². The fourth-order valence-electron chi connectivity index (χ4n) is 2.47. The van der Waals surface area contributed by atoms with Crippen molar-refractivity contribution in [3.8, 4) is 5.75 Å². The van der Waals surface area contributed by atoms with Gasteiger partial charge in [0.15, 0.2) is 0 Å². The van der Waals surface area contributed by atoms with Crippen molar-refractivity contribution in [3.05, 3.63) is 22.7 Å². The van der Waals surface area contributed by atoms with Crippen molar-refractivity contribution in [2.45, 2.75) is 31.7 Å². The lowest BCUT2D eigenvalue weighted by molar-refractivity contribution is -0.122. The molecule has 1 atom stereocenters. The Labute approximate surface area is 122 Å². The lowest BCUT2D eigenvalue weighted by atomic mass is 9.93. The Bertz CT molecular complexity index is 471. The fourth-order valence-corrected chi connectivity index (χ4v) is 2.94. The number of carbonyl (C=O) groups is 1. The van der Waals surface area contributed by atoms with Gasteiger partial charge in [-0.05, 0) is 37.9 Å². The van der Waals surface area contributed by atoms with Crippen LogP contribution in [-0.2, 0) is 4.79 Å². The summed E-state index contributed by atoms with van der Waals surface area (Å²) in [7, 11) is 1.61. The highest BCUT2D eigenvalue weighted by atomic mass is 79.9. The third-order valence-corrected chi connectivity index (χ3v) is 4.10. The summed E-state index contributed by atoms with van der Waals surface area (Å²) in [4.78, 5) is 12.4. The van der Waals surface area contributed by atoms with Crippen LogP contribution in [0, 0.1) is 0 Å². The summed E-state index contributed by atoms with van der Waals surface area (Å²) in [5.74, 6) is 0.752. The number of halogens is 1. The molecule has 0 saturated carbocycles. The van der Waals surface area contributed by atoms with Crippen LogP contribution in [0.4, 0.5) is 5.69 Å². The Morgan fingerprint density at radius 2 is 2.32 bits per heavy atom. The second kappa shape index (κ2) is 5.92. The summed E-state index contributed by atoms with van der Waals surface area (Å²) in [6.45, 7) is 2.95. The van der Waals surface area contributed by atoms with Crippen LogP contribution in [0.2, 0.25) is 0 Å². The third-order valence-electron chi connectivity index (χ3n) is 3.65. The van der Waals surface area contributed by atoms with E-state index >= 15 is 0 Å². The summed E-state index contributed by atoms with van der Waals surface area (Å²) >= 11 is 3.41. The van der Waals surface area contributed by atoms with E-state index in [-0.39, 0.29) is 5.91 Å². The van der Waals surface area contributed by atoms with Gasteiger partial charge in [0, 0.05) is 16.2 Å². The SMILES string of the molecule is CCC1(C(=O)Nc2cc(Br)cc(OC)c2)CCCN1. The zero-order valence-corrected chi connectivity index (χ0v) is 12.8. The number of carbonyl (C=O) groups excluding carboxylic acids is 1. The number of hydrogen-bond donors (Lipinski definition) is 2. The number of nitrogens with one attached hydrogen (secondary N) is 2. The Morgan fingerprint density at radius 1 is 1.53 bits per heavy atom. The quantitative estimate of drug-likeness (QED) is 0.894. The Morgan fingerprint density at radius 3 is 2.89 bits per heavy atom. The van der Waals surface area contributed by atoms with E-state index in [1.165, 1.54) is 0 Å². The van der Waals surface area contributed by atoms with Gasteiger partial charge in [0.25, 0.3) is 0 Å². The molecule has 19 heavy (non-hydrogen) atoms. The van der Waals surface area contributed by atoms with Gasteiger partial charge in [-0.1, -0.05) is 22.9 Å². The smallest absolute Gasteiger partial charge is 0.244 e. The Hall–Kier alpha value is -1.07. The van der Waals surface area contributed by atoms with Gasteiger partial charge in [0.2, 0.25) is 5.91 Å².